The van der Waals surface area contributed by atoms with Crippen molar-refractivity contribution in [1.82, 2.24) is 4.98 Å². The molecule has 0 aliphatic heterocycles. The van der Waals surface area contributed by atoms with Gasteiger partial charge in [-0.15, -0.1) is 0 Å². The molecule has 0 unspecified atom stereocenters. The summed E-state index contributed by atoms with van der Waals surface area (Å²) in [6, 6.07) is 12.1. The van der Waals surface area contributed by atoms with E-state index in [2.05, 4.69) is 4.98 Å². The second-order valence-electron chi connectivity index (χ2n) is 4.01. The molecule has 1 heterocycles. The number of fused-ring (bicyclic) bond motifs is 1. The summed E-state index contributed by atoms with van der Waals surface area (Å²) >= 11 is 1.35. The number of nitrogens with zero attached hydrogens (tertiary/aromatic N) is 1. The molecule has 96 valence electrons. The summed E-state index contributed by atoms with van der Waals surface area (Å²) in [4.78, 5) is 5.22. The molecule has 0 amide bonds. The summed E-state index contributed by atoms with van der Waals surface area (Å²) in [6.45, 7) is 0.278. The van der Waals surface area contributed by atoms with E-state index in [1.54, 1.807) is 6.07 Å². The number of benzene rings is 2. The molecule has 2 N–H and O–H groups in total. The molecule has 0 radical (unpaired) electrons. The highest BCUT2D eigenvalue weighted by Gasteiger charge is 2.10. The number of hydrogen-bond donors (Lipinski definition) is 1. The van der Waals surface area contributed by atoms with E-state index < -0.39 is 0 Å². The van der Waals surface area contributed by atoms with Gasteiger partial charge in [-0.2, -0.15) is 0 Å². The first-order valence-electron chi connectivity index (χ1n) is 5.78. The van der Waals surface area contributed by atoms with Gasteiger partial charge in [0.1, 0.15) is 11.3 Å². The van der Waals surface area contributed by atoms with E-state index in [9.17, 15) is 4.39 Å². The van der Waals surface area contributed by atoms with Crippen LogP contribution < -0.4 is 5.73 Å². The maximum atomic E-state index is 13.1. The quantitative estimate of drug-likeness (QED) is 0.793. The lowest BCUT2D eigenvalue weighted by atomic mass is 10.2. The van der Waals surface area contributed by atoms with Gasteiger partial charge in [-0.05, 0) is 47.7 Å². The van der Waals surface area contributed by atoms with Crippen molar-refractivity contribution in [2.24, 2.45) is 5.73 Å². The fraction of sp³-hybridized carbons (Fsp3) is 0.0714. The minimum atomic E-state index is -0.289. The molecule has 0 spiro atoms. The first kappa shape index (κ1) is 12.2. The molecule has 0 aliphatic rings. The Kier molecular flexibility index (Phi) is 3.23. The molecule has 0 bridgehead atoms. The molecule has 19 heavy (non-hydrogen) atoms. The predicted octanol–water partition coefficient (Wildman–Crippen LogP) is 3.58. The summed E-state index contributed by atoms with van der Waals surface area (Å²) in [7, 11) is 0. The van der Waals surface area contributed by atoms with Crippen molar-refractivity contribution in [3.05, 3.63) is 53.8 Å². The second kappa shape index (κ2) is 5.03. The Morgan fingerprint density at radius 1 is 1.21 bits per heavy atom. The summed E-state index contributed by atoms with van der Waals surface area (Å²) in [5.41, 5.74) is 7.90. The number of hydrogen-bond acceptors (Lipinski definition) is 4. The van der Waals surface area contributed by atoms with Crippen molar-refractivity contribution >= 4 is 22.9 Å². The number of halogens is 1. The monoisotopic (exact) mass is 274 g/mol. The van der Waals surface area contributed by atoms with Gasteiger partial charge in [0.2, 0.25) is 0 Å². The van der Waals surface area contributed by atoms with E-state index >= 15 is 0 Å². The van der Waals surface area contributed by atoms with E-state index in [-0.39, 0.29) is 12.4 Å². The van der Waals surface area contributed by atoms with Gasteiger partial charge in [-0.25, -0.2) is 9.37 Å². The van der Waals surface area contributed by atoms with E-state index in [0.717, 1.165) is 21.6 Å². The molecule has 2 aromatic carbocycles. The van der Waals surface area contributed by atoms with Crippen LogP contribution in [0.1, 0.15) is 5.56 Å². The fourth-order valence-corrected chi connectivity index (χ4v) is 2.67. The third-order valence-corrected chi connectivity index (χ3v) is 3.68. The van der Waals surface area contributed by atoms with Gasteiger partial charge >= 0.3 is 0 Å². The zero-order valence-corrected chi connectivity index (χ0v) is 10.8. The number of aromatic nitrogens is 1. The first-order chi connectivity index (χ1) is 9.26. The number of para-hydroxylation sites is 2. The normalized spacial score (nSPS) is 11.1. The van der Waals surface area contributed by atoms with Crippen LogP contribution in [0.2, 0.25) is 0 Å². The maximum Gasteiger partial charge on any atom is 0.261 e. The van der Waals surface area contributed by atoms with Crippen LogP contribution >= 0.6 is 11.8 Å². The lowest BCUT2D eigenvalue weighted by Gasteiger charge is -2.04. The molecule has 3 rings (SSSR count). The third kappa shape index (κ3) is 2.47. The first-order valence-corrected chi connectivity index (χ1v) is 6.60. The summed E-state index contributed by atoms with van der Waals surface area (Å²) < 4.78 is 18.8. The van der Waals surface area contributed by atoms with Crippen molar-refractivity contribution in [1.29, 1.82) is 0 Å². The third-order valence-electron chi connectivity index (χ3n) is 2.71. The predicted molar refractivity (Wildman–Crippen MR) is 72.4 cm³/mol. The largest absolute Gasteiger partial charge is 0.431 e. The van der Waals surface area contributed by atoms with Crippen molar-refractivity contribution in [3.63, 3.8) is 0 Å². The Morgan fingerprint density at radius 3 is 2.84 bits per heavy atom. The molecule has 5 heteroatoms. The van der Waals surface area contributed by atoms with Crippen LogP contribution in [0.15, 0.2) is 57.0 Å². The highest BCUT2D eigenvalue weighted by atomic mass is 32.2. The lowest BCUT2D eigenvalue weighted by molar-refractivity contribution is 0.489. The molecule has 0 aliphatic carbocycles. The Labute approximate surface area is 113 Å². The second-order valence-corrected chi connectivity index (χ2v) is 5.00. The van der Waals surface area contributed by atoms with Crippen LogP contribution in [-0.4, -0.2) is 4.98 Å². The van der Waals surface area contributed by atoms with Crippen molar-refractivity contribution in [2.75, 3.05) is 0 Å². The minimum absolute atomic E-state index is 0.278. The Morgan fingerprint density at radius 2 is 2.05 bits per heavy atom. The van der Waals surface area contributed by atoms with Crippen LogP contribution in [0.3, 0.4) is 0 Å². The van der Waals surface area contributed by atoms with Crippen LogP contribution in [0, 0.1) is 5.82 Å². The fourth-order valence-electron chi connectivity index (χ4n) is 1.80. The van der Waals surface area contributed by atoms with Crippen LogP contribution in [0.25, 0.3) is 11.1 Å². The molecule has 0 saturated carbocycles. The van der Waals surface area contributed by atoms with Gasteiger partial charge in [-0.3, -0.25) is 0 Å². The average molecular weight is 274 g/mol. The van der Waals surface area contributed by atoms with Gasteiger partial charge in [0, 0.05) is 11.4 Å². The highest BCUT2D eigenvalue weighted by Crippen LogP contribution is 2.32. The minimum Gasteiger partial charge on any atom is -0.431 e. The van der Waals surface area contributed by atoms with Gasteiger partial charge in [0.15, 0.2) is 5.58 Å². The van der Waals surface area contributed by atoms with Crippen LogP contribution in [0.5, 0.6) is 0 Å². The highest BCUT2D eigenvalue weighted by molar-refractivity contribution is 7.99. The van der Waals surface area contributed by atoms with Gasteiger partial charge in [-0.1, -0.05) is 12.1 Å². The summed E-state index contributed by atoms with van der Waals surface area (Å²) in [5.74, 6) is -0.289. The Bertz CT molecular complexity index is 693. The maximum absolute atomic E-state index is 13.1. The molecule has 3 nitrogen and oxygen atoms in total. The molecule has 0 atom stereocenters. The van der Waals surface area contributed by atoms with Gasteiger partial charge in [0.25, 0.3) is 5.22 Å². The topological polar surface area (TPSA) is 52.0 Å². The lowest BCUT2D eigenvalue weighted by Crippen LogP contribution is -1.99. The average Bonchev–Trinajstić information content (AvgIpc) is 2.83. The van der Waals surface area contributed by atoms with Crippen molar-refractivity contribution in [2.45, 2.75) is 16.7 Å². The van der Waals surface area contributed by atoms with E-state index in [4.69, 9.17) is 10.2 Å². The molecule has 1 aromatic heterocycles. The van der Waals surface area contributed by atoms with E-state index in [1.807, 2.05) is 24.3 Å². The number of nitrogens with two attached hydrogens (primary N) is 1. The van der Waals surface area contributed by atoms with E-state index in [0.29, 0.717) is 5.22 Å². The summed E-state index contributed by atoms with van der Waals surface area (Å²) in [5, 5.41) is 0.530. The van der Waals surface area contributed by atoms with Crippen LogP contribution in [-0.2, 0) is 6.54 Å². The zero-order chi connectivity index (χ0) is 13.2. The van der Waals surface area contributed by atoms with Crippen LogP contribution in [0.4, 0.5) is 4.39 Å². The zero-order valence-electron chi connectivity index (χ0n) is 9.97. The van der Waals surface area contributed by atoms with Crippen molar-refractivity contribution in [3.8, 4) is 0 Å². The smallest absolute Gasteiger partial charge is 0.261 e. The Hall–Kier alpha value is -1.85. The summed E-state index contributed by atoms with van der Waals surface area (Å²) in [6.07, 6.45) is 0. The van der Waals surface area contributed by atoms with Crippen molar-refractivity contribution < 1.29 is 8.81 Å². The number of oxazole rings is 1. The van der Waals surface area contributed by atoms with Gasteiger partial charge < -0.3 is 10.2 Å². The molecule has 3 aromatic rings. The molecular weight excluding hydrogens is 263 g/mol. The SMILES string of the molecule is NCc1cc(F)ccc1Sc1nc2ccccc2o1. The standard InChI is InChI=1S/C14H11FN2OS/c15-10-5-6-13(9(7-10)8-16)19-14-17-11-3-1-2-4-12(11)18-14/h1-7H,8,16H2. The number of rotatable bonds is 3. The molecule has 0 fully saturated rings. The molecule has 0 saturated heterocycles. The van der Waals surface area contributed by atoms with Gasteiger partial charge in [0.05, 0.1) is 0 Å². The Balaban J connectivity index is 1.96. The van der Waals surface area contributed by atoms with E-state index in [1.165, 1.54) is 23.9 Å². The molecular formula is C14H11FN2OS.